The van der Waals surface area contributed by atoms with Crippen molar-refractivity contribution in [1.82, 2.24) is 4.98 Å². The van der Waals surface area contributed by atoms with Crippen molar-refractivity contribution < 1.29 is 14.3 Å². The predicted octanol–water partition coefficient (Wildman–Crippen LogP) is 3.60. The summed E-state index contributed by atoms with van der Waals surface area (Å²) in [6.45, 7) is 0.135. The molecule has 4 heteroatoms. The Morgan fingerprint density at radius 2 is 1.77 bits per heavy atom. The van der Waals surface area contributed by atoms with E-state index in [1.165, 1.54) is 0 Å². The molecule has 1 heterocycles. The second-order valence-electron chi connectivity index (χ2n) is 4.80. The molecule has 0 aliphatic heterocycles. The molecule has 0 unspecified atom stereocenters. The lowest BCUT2D eigenvalue weighted by molar-refractivity contribution is 0.0464. The Morgan fingerprint density at radius 1 is 1.05 bits per heavy atom. The van der Waals surface area contributed by atoms with Gasteiger partial charge in [-0.3, -0.25) is 4.98 Å². The van der Waals surface area contributed by atoms with Gasteiger partial charge in [-0.15, -0.1) is 0 Å². The molecule has 4 nitrogen and oxygen atoms in total. The zero-order valence-corrected chi connectivity index (χ0v) is 12.2. The maximum Gasteiger partial charge on any atom is 0.342 e. The molecule has 3 aromatic rings. The van der Waals surface area contributed by atoms with E-state index in [0.717, 1.165) is 10.8 Å². The van der Waals surface area contributed by atoms with Gasteiger partial charge in [0.15, 0.2) is 0 Å². The van der Waals surface area contributed by atoms with Gasteiger partial charge >= 0.3 is 5.97 Å². The lowest BCUT2D eigenvalue weighted by atomic mass is 10.1. The van der Waals surface area contributed by atoms with Gasteiger partial charge in [-0.05, 0) is 35.0 Å². The van der Waals surface area contributed by atoms with E-state index >= 15 is 0 Å². The number of pyridine rings is 1. The summed E-state index contributed by atoms with van der Waals surface area (Å²) in [6, 6.07) is 16.9. The first kappa shape index (κ1) is 14.1. The van der Waals surface area contributed by atoms with Crippen molar-refractivity contribution in [2.24, 2.45) is 0 Å². The lowest BCUT2D eigenvalue weighted by Crippen LogP contribution is -2.08. The number of benzene rings is 2. The maximum absolute atomic E-state index is 12.3. The molecule has 0 bridgehead atoms. The molecule has 1 aromatic heterocycles. The predicted molar refractivity (Wildman–Crippen MR) is 83.9 cm³/mol. The number of ether oxygens (including phenoxy) is 2. The van der Waals surface area contributed by atoms with Gasteiger partial charge < -0.3 is 9.47 Å². The largest absolute Gasteiger partial charge is 0.496 e. The summed E-state index contributed by atoms with van der Waals surface area (Å²) in [6.07, 6.45) is 1.67. The number of methoxy groups -OCH3 is 1. The van der Waals surface area contributed by atoms with Crippen molar-refractivity contribution in [3.63, 3.8) is 0 Å². The van der Waals surface area contributed by atoms with Gasteiger partial charge in [0.25, 0.3) is 0 Å². The third-order valence-electron chi connectivity index (χ3n) is 3.37. The third-order valence-corrected chi connectivity index (χ3v) is 3.37. The van der Waals surface area contributed by atoms with Crippen molar-refractivity contribution in [2.45, 2.75) is 6.61 Å². The minimum atomic E-state index is -0.423. The highest BCUT2D eigenvalue weighted by Crippen LogP contribution is 2.26. The summed E-state index contributed by atoms with van der Waals surface area (Å²) in [5, 5.41) is 1.98. The quantitative estimate of drug-likeness (QED) is 0.690. The standard InChI is InChI=1S/C18H15NO3/c1-21-17-11-14-7-3-2-6-13(14)10-16(17)18(20)22-12-15-8-4-5-9-19-15/h2-11H,12H2,1H3. The Hall–Kier alpha value is -2.88. The van der Waals surface area contributed by atoms with Gasteiger partial charge in [0.2, 0.25) is 0 Å². The van der Waals surface area contributed by atoms with Crippen LogP contribution in [0.1, 0.15) is 16.1 Å². The number of carbonyl (C=O) groups is 1. The highest BCUT2D eigenvalue weighted by atomic mass is 16.5. The average molecular weight is 293 g/mol. The number of hydrogen-bond donors (Lipinski definition) is 0. The third kappa shape index (κ3) is 2.91. The molecule has 0 N–H and O–H groups in total. The molecule has 0 aliphatic rings. The van der Waals surface area contributed by atoms with Crippen LogP contribution >= 0.6 is 0 Å². The highest BCUT2D eigenvalue weighted by molar-refractivity contribution is 5.98. The summed E-state index contributed by atoms with van der Waals surface area (Å²) >= 11 is 0. The van der Waals surface area contributed by atoms with Gasteiger partial charge in [-0.1, -0.05) is 30.3 Å². The topological polar surface area (TPSA) is 48.4 Å². The van der Waals surface area contributed by atoms with Crippen molar-refractivity contribution in [3.8, 4) is 5.75 Å². The van der Waals surface area contributed by atoms with E-state index in [1.807, 2.05) is 48.5 Å². The van der Waals surface area contributed by atoms with Crippen LogP contribution < -0.4 is 4.74 Å². The zero-order chi connectivity index (χ0) is 15.4. The summed E-state index contributed by atoms with van der Waals surface area (Å²) < 4.78 is 10.6. The lowest BCUT2D eigenvalue weighted by Gasteiger charge is -2.10. The fraction of sp³-hybridized carbons (Fsp3) is 0.111. The molecule has 0 fully saturated rings. The molecular weight excluding hydrogens is 278 g/mol. The van der Waals surface area contributed by atoms with E-state index in [4.69, 9.17) is 9.47 Å². The number of aromatic nitrogens is 1. The number of fused-ring (bicyclic) bond motifs is 1. The van der Waals surface area contributed by atoms with E-state index in [1.54, 1.807) is 19.4 Å². The summed E-state index contributed by atoms with van der Waals surface area (Å²) in [5.41, 5.74) is 1.12. The molecule has 0 saturated carbocycles. The molecule has 0 radical (unpaired) electrons. The van der Waals surface area contributed by atoms with Crippen LogP contribution in [0.5, 0.6) is 5.75 Å². The Bertz CT molecular complexity index is 800. The Balaban J connectivity index is 1.86. The molecule has 0 amide bonds. The normalized spacial score (nSPS) is 10.4. The minimum Gasteiger partial charge on any atom is -0.496 e. The van der Waals surface area contributed by atoms with Crippen LogP contribution in [0.2, 0.25) is 0 Å². The van der Waals surface area contributed by atoms with Gasteiger partial charge in [0, 0.05) is 6.20 Å². The van der Waals surface area contributed by atoms with E-state index in [2.05, 4.69) is 4.98 Å². The summed E-state index contributed by atoms with van der Waals surface area (Å²) in [7, 11) is 1.54. The van der Waals surface area contributed by atoms with Crippen molar-refractivity contribution in [1.29, 1.82) is 0 Å². The zero-order valence-electron chi connectivity index (χ0n) is 12.2. The van der Waals surface area contributed by atoms with E-state index in [9.17, 15) is 4.79 Å². The number of nitrogens with zero attached hydrogens (tertiary/aromatic N) is 1. The van der Waals surface area contributed by atoms with Gasteiger partial charge in [0.1, 0.15) is 17.9 Å². The molecule has 0 saturated heterocycles. The van der Waals surface area contributed by atoms with E-state index in [-0.39, 0.29) is 6.61 Å². The van der Waals surface area contributed by atoms with Gasteiger partial charge in [0.05, 0.1) is 12.8 Å². The minimum absolute atomic E-state index is 0.135. The SMILES string of the molecule is COc1cc2ccccc2cc1C(=O)OCc1ccccn1. The van der Waals surface area contributed by atoms with Crippen molar-refractivity contribution in [2.75, 3.05) is 7.11 Å². The molecular formula is C18H15NO3. The van der Waals surface area contributed by atoms with Crippen LogP contribution in [0.25, 0.3) is 10.8 Å². The summed E-state index contributed by atoms with van der Waals surface area (Å²) in [4.78, 5) is 16.4. The smallest absolute Gasteiger partial charge is 0.342 e. The first-order valence-electron chi connectivity index (χ1n) is 6.92. The van der Waals surface area contributed by atoms with Crippen LogP contribution in [0, 0.1) is 0 Å². The number of carbonyl (C=O) groups excluding carboxylic acids is 1. The van der Waals surface area contributed by atoms with Crippen molar-refractivity contribution in [3.05, 3.63) is 72.1 Å². The Morgan fingerprint density at radius 3 is 2.45 bits per heavy atom. The van der Waals surface area contributed by atoms with Crippen LogP contribution in [-0.2, 0) is 11.3 Å². The monoisotopic (exact) mass is 293 g/mol. The van der Waals surface area contributed by atoms with Gasteiger partial charge in [-0.2, -0.15) is 0 Å². The van der Waals surface area contributed by atoms with Crippen LogP contribution in [0.3, 0.4) is 0 Å². The number of rotatable bonds is 4. The highest BCUT2D eigenvalue weighted by Gasteiger charge is 2.15. The molecule has 3 rings (SSSR count). The van der Waals surface area contributed by atoms with Crippen LogP contribution in [-0.4, -0.2) is 18.1 Å². The molecule has 22 heavy (non-hydrogen) atoms. The number of esters is 1. The molecule has 110 valence electrons. The van der Waals surface area contributed by atoms with E-state index < -0.39 is 5.97 Å². The molecule has 2 aromatic carbocycles. The molecule has 0 spiro atoms. The fourth-order valence-corrected chi connectivity index (χ4v) is 2.25. The fourth-order valence-electron chi connectivity index (χ4n) is 2.25. The molecule has 0 aliphatic carbocycles. The molecule has 0 atom stereocenters. The first-order chi connectivity index (χ1) is 10.8. The second-order valence-corrected chi connectivity index (χ2v) is 4.80. The second kappa shape index (κ2) is 6.26. The van der Waals surface area contributed by atoms with Gasteiger partial charge in [-0.25, -0.2) is 4.79 Å². The Kier molecular flexibility index (Phi) is 4.01. The van der Waals surface area contributed by atoms with E-state index in [0.29, 0.717) is 17.0 Å². The Labute approximate surface area is 128 Å². The maximum atomic E-state index is 12.3. The number of hydrogen-bond acceptors (Lipinski definition) is 4. The van der Waals surface area contributed by atoms with Crippen molar-refractivity contribution >= 4 is 16.7 Å². The van der Waals surface area contributed by atoms with Crippen LogP contribution in [0.4, 0.5) is 0 Å². The summed E-state index contributed by atoms with van der Waals surface area (Å²) in [5.74, 6) is 0.0815. The first-order valence-corrected chi connectivity index (χ1v) is 6.92. The average Bonchev–Trinajstić information content (AvgIpc) is 2.59. The van der Waals surface area contributed by atoms with Crippen LogP contribution in [0.15, 0.2) is 60.8 Å².